The van der Waals surface area contributed by atoms with Crippen LogP contribution in [0.5, 0.6) is 0 Å². The summed E-state index contributed by atoms with van der Waals surface area (Å²) in [5.74, 6) is -1.35. The monoisotopic (exact) mass is 590 g/mol. The van der Waals surface area contributed by atoms with E-state index in [4.69, 9.17) is 12.2 Å². The van der Waals surface area contributed by atoms with E-state index in [1.165, 1.54) is 24.3 Å². The SMILES string of the molecule is O=C(NC(=S)Nc1ccc(N2CCN(C(=O)c3ccccc3F)CC2)cc1)c1cc([N+](=O)[O-])ccc1N1CCCCC1. The van der Waals surface area contributed by atoms with Gasteiger partial charge in [0, 0.05) is 62.8 Å². The number of anilines is 3. The molecule has 2 N–H and O–H groups in total. The Labute approximate surface area is 248 Å². The molecule has 2 fully saturated rings. The fourth-order valence-corrected chi connectivity index (χ4v) is 5.50. The van der Waals surface area contributed by atoms with Crippen LogP contribution >= 0.6 is 12.2 Å². The van der Waals surface area contributed by atoms with Crippen molar-refractivity contribution in [1.29, 1.82) is 0 Å². The van der Waals surface area contributed by atoms with Crippen molar-refractivity contribution in [2.45, 2.75) is 19.3 Å². The number of benzene rings is 3. The Bertz CT molecular complexity index is 1490. The van der Waals surface area contributed by atoms with E-state index in [-0.39, 0.29) is 27.8 Å². The normalized spacial score (nSPS) is 15.2. The number of hydrogen-bond donors (Lipinski definition) is 2. The molecule has 0 unspecified atom stereocenters. The summed E-state index contributed by atoms with van der Waals surface area (Å²) in [6.07, 6.45) is 3.11. The van der Waals surface area contributed by atoms with Gasteiger partial charge < -0.3 is 20.0 Å². The molecule has 12 heteroatoms. The molecule has 0 aliphatic carbocycles. The maximum atomic E-state index is 14.0. The number of carbonyl (C=O) groups excluding carboxylic acids is 2. The average Bonchev–Trinajstić information content (AvgIpc) is 3.01. The third kappa shape index (κ3) is 6.65. The molecule has 0 radical (unpaired) electrons. The van der Waals surface area contributed by atoms with Crippen molar-refractivity contribution in [3.63, 3.8) is 0 Å². The maximum Gasteiger partial charge on any atom is 0.270 e. The Kier molecular flexibility index (Phi) is 8.91. The number of carbonyl (C=O) groups is 2. The number of nitro benzene ring substituents is 1. The number of nitrogens with one attached hydrogen (secondary N) is 2. The number of non-ortho nitro benzene ring substituents is 1. The summed E-state index contributed by atoms with van der Waals surface area (Å²) < 4.78 is 14.0. The number of halogens is 1. The first-order chi connectivity index (χ1) is 20.3. The van der Waals surface area contributed by atoms with Gasteiger partial charge in [-0.1, -0.05) is 12.1 Å². The lowest BCUT2D eigenvalue weighted by molar-refractivity contribution is -0.384. The molecule has 0 spiro atoms. The number of amides is 2. The van der Waals surface area contributed by atoms with Crippen molar-refractivity contribution in [2.75, 3.05) is 54.4 Å². The van der Waals surface area contributed by atoms with E-state index < -0.39 is 16.6 Å². The summed E-state index contributed by atoms with van der Waals surface area (Å²) in [7, 11) is 0. The van der Waals surface area contributed by atoms with Crippen LogP contribution in [0.15, 0.2) is 66.7 Å². The van der Waals surface area contributed by atoms with Gasteiger partial charge in [0.15, 0.2) is 5.11 Å². The minimum Gasteiger partial charge on any atom is -0.371 e. The third-order valence-corrected chi connectivity index (χ3v) is 7.72. The number of nitrogens with zero attached hydrogens (tertiary/aromatic N) is 4. The maximum absolute atomic E-state index is 14.0. The lowest BCUT2D eigenvalue weighted by Gasteiger charge is -2.36. The van der Waals surface area contributed by atoms with Crippen molar-refractivity contribution in [2.24, 2.45) is 0 Å². The van der Waals surface area contributed by atoms with Crippen molar-refractivity contribution in [1.82, 2.24) is 10.2 Å². The predicted molar refractivity (Wildman–Crippen MR) is 164 cm³/mol. The molecule has 2 aliphatic heterocycles. The molecule has 0 aromatic heterocycles. The van der Waals surface area contributed by atoms with Crippen LogP contribution in [0.3, 0.4) is 0 Å². The second kappa shape index (κ2) is 12.9. The number of rotatable bonds is 6. The molecule has 2 amide bonds. The van der Waals surface area contributed by atoms with Crippen molar-refractivity contribution in [3.8, 4) is 0 Å². The van der Waals surface area contributed by atoms with Crippen LogP contribution in [0, 0.1) is 15.9 Å². The van der Waals surface area contributed by atoms with E-state index in [9.17, 15) is 24.1 Å². The Morgan fingerprint density at radius 2 is 1.52 bits per heavy atom. The number of piperidine rings is 1. The van der Waals surface area contributed by atoms with Gasteiger partial charge in [0.25, 0.3) is 17.5 Å². The van der Waals surface area contributed by atoms with E-state index in [1.807, 2.05) is 24.3 Å². The highest BCUT2D eigenvalue weighted by molar-refractivity contribution is 7.80. The topological polar surface area (TPSA) is 111 Å². The Hall–Kier alpha value is -4.58. The molecule has 0 saturated carbocycles. The second-order valence-electron chi connectivity index (χ2n) is 10.2. The number of hydrogen-bond acceptors (Lipinski definition) is 7. The summed E-state index contributed by atoms with van der Waals surface area (Å²) in [6, 6.07) is 17.8. The number of thiocarbonyl (C=S) groups is 1. The molecule has 2 heterocycles. The third-order valence-electron chi connectivity index (χ3n) is 7.52. The van der Waals surface area contributed by atoms with Crippen LogP contribution in [-0.2, 0) is 0 Å². The molecule has 5 rings (SSSR count). The van der Waals surface area contributed by atoms with E-state index in [0.717, 1.165) is 38.0 Å². The summed E-state index contributed by atoms with van der Waals surface area (Å²) >= 11 is 5.38. The molecule has 218 valence electrons. The van der Waals surface area contributed by atoms with Gasteiger partial charge in [0.05, 0.1) is 21.7 Å². The first-order valence-corrected chi connectivity index (χ1v) is 14.3. The zero-order valence-electron chi connectivity index (χ0n) is 22.9. The average molecular weight is 591 g/mol. The van der Waals surface area contributed by atoms with Gasteiger partial charge in [-0.2, -0.15) is 0 Å². The largest absolute Gasteiger partial charge is 0.371 e. The van der Waals surface area contributed by atoms with Gasteiger partial charge in [0.1, 0.15) is 5.82 Å². The Morgan fingerprint density at radius 1 is 0.833 bits per heavy atom. The highest BCUT2D eigenvalue weighted by Crippen LogP contribution is 2.28. The van der Waals surface area contributed by atoms with Crippen LogP contribution in [0.25, 0.3) is 0 Å². The summed E-state index contributed by atoms with van der Waals surface area (Å²) in [6.45, 7) is 3.71. The van der Waals surface area contributed by atoms with Crippen LogP contribution in [0.4, 0.5) is 27.1 Å². The standard InChI is InChI=1S/C30H31FN6O4S/c31-26-7-3-2-6-24(26)29(39)36-18-16-34(17-19-36)22-10-8-21(9-11-22)32-30(42)33-28(38)25-20-23(37(40)41)12-13-27(25)35-14-4-1-5-15-35/h2-3,6-13,20H,1,4-5,14-19H2,(H2,32,33,38,42). The van der Waals surface area contributed by atoms with Crippen molar-refractivity contribution in [3.05, 3.63) is 93.8 Å². The van der Waals surface area contributed by atoms with Gasteiger partial charge in [0.2, 0.25) is 0 Å². The predicted octanol–water partition coefficient (Wildman–Crippen LogP) is 4.81. The lowest BCUT2D eigenvalue weighted by atomic mass is 10.1. The van der Waals surface area contributed by atoms with E-state index in [2.05, 4.69) is 20.4 Å². The lowest BCUT2D eigenvalue weighted by Crippen LogP contribution is -2.49. The summed E-state index contributed by atoms with van der Waals surface area (Å²) in [4.78, 5) is 42.6. The highest BCUT2D eigenvalue weighted by Gasteiger charge is 2.25. The van der Waals surface area contributed by atoms with Crippen LogP contribution < -0.4 is 20.4 Å². The highest BCUT2D eigenvalue weighted by atomic mass is 32.1. The van der Waals surface area contributed by atoms with E-state index in [0.29, 0.717) is 37.6 Å². The van der Waals surface area contributed by atoms with Gasteiger partial charge in [-0.25, -0.2) is 4.39 Å². The number of nitro groups is 1. The molecular weight excluding hydrogens is 559 g/mol. The fourth-order valence-electron chi connectivity index (χ4n) is 5.29. The molecule has 0 bridgehead atoms. The first-order valence-electron chi connectivity index (χ1n) is 13.8. The van der Waals surface area contributed by atoms with Gasteiger partial charge in [-0.15, -0.1) is 0 Å². The van der Waals surface area contributed by atoms with Gasteiger partial charge >= 0.3 is 0 Å². The van der Waals surface area contributed by atoms with Gasteiger partial charge in [-0.05, 0) is 73.9 Å². The minimum atomic E-state index is -0.519. The first kappa shape index (κ1) is 28.9. The quantitative estimate of drug-likeness (QED) is 0.239. The molecule has 2 saturated heterocycles. The molecule has 3 aromatic rings. The van der Waals surface area contributed by atoms with Gasteiger partial charge in [-0.3, -0.25) is 25.0 Å². The Morgan fingerprint density at radius 3 is 2.19 bits per heavy atom. The van der Waals surface area contributed by atoms with E-state index >= 15 is 0 Å². The molecule has 2 aliphatic rings. The number of piperazine rings is 1. The Balaban J connectivity index is 1.18. The zero-order chi connectivity index (χ0) is 29.6. The molecular formula is C30H31FN6O4S. The minimum absolute atomic E-state index is 0.0733. The van der Waals surface area contributed by atoms with E-state index in [1.54, 1.807) is 23.1 Å². The fraction of sp³-hybridized carbons (Fsp3) is 0.300. The molecule has 3 aromatic carbocycles. The van der Waals surface area contributed by atoms with Crippen molar-refractivity contribution >= 4 is 51.9 Å². The van der Waals surface area contributed by atoms with Crippen LogP contribution in [0.1, 0.15) is 40.0 Å². The zero-order valence-corrected chi connectivity index (χ0v) is 23.7. The van der Waals surface area contributed by atoms with Crippen LogP contribution in [-0.4, -0.2) is 66.0 Å². The molecule has 42 heavy (non-hydrogen) atoms. The van der Waals surface area contributed by atoms with Crippen molar-refractivity contribution < 1.29 is 18.9 Å². The molecule has 0 atom stereocenters. The second-order valence-corrected chi connectivity index (χ2v) is 10.6. The molecule has 10 nitrogen and oxygen atoms in total. The summed E-state index contributed by atoms with van der Waals surface area (Å²) in [5.41, 5.74) is 2.40. The summed E-state index contributed by atoms with van der Waals surface area (Å²) in [5, 5.41) is 17.1. The smallest absolute Gasteiger partial charge is 0.270 e. The van der Waals surface area contributed by atoms with Crippen LogP contribution in [0.2, 0.25) is 0 Å².